The van der Waals surface area contributed by atoms with E-state index < -0.39 is 6.10 Å². The van der Waals surface area contributed by atoms with E-state index in [9.17, 15) is 9.90 Å². The summed E-state index contributed by atoms with van der Waals surface area (Å²) in [6.45, 7) is 6.04. The summed E-state index contributed by atoms with van der Waals surface area (Å²) in [5.74, 6) is 0.0231. The first-order valence-electron chi connectivity index (χ1n) is 5.54. The molecule has 0 heterocycles. The maximum atomic E-state index is 11.8. The third-order valence-corrected chi connectivity index (χ3v) is 2.63. The van der Waals surface area contributed by atoms with Crippen LogP contribution >= 0.6 is 0 Å². The molecule has 0 aromatic heterocycles. The van der Waals surface area contributed by atoms with E-state index in [1.807, 2.05) is 39.0 Å². The van der Waals surface area contributed by atoms with E-state index in [0.29, 0.717) is 12.1 Å². The number of hydrogen-bond acceptors (Lipinski definition) is 2. The molecule has 0 radical (unpaired) electrons. The predicted octanol–water partition coefficient (Wildman–Crippen LogP) is 1.74. The minimum Gasteiger partial charge on any atom is -0.391 e. The lowest BCUT2D eigenvalue weighted by Gasteiger charge is -2.15. The average Bonchev–Trinajstić information content (AvgIpc) is 2.25. The molecule has 1 amide bonds. The second-order valence-electron chi connectivity index (χ2n) is 4.34. The van der Waals surface area contributed by atoms with E-state index >= 15 is 0 Å². The molecular formula is C13H19NO2. The summed E-state index contributed by atoms with van der Waals surface area (Å²) in [4.78, 5) is 11.8. The van der Waals surface area contributed by atoms with Crippen LogP contribution in [0.25, 0.3) is 0 Å². The molecular weight excluding hydrogens is 202 g/mol. The quantitative estimate of drug-likeness (QED) is 0.813. The molecule has 3 heteroatoms. The lowest BCUT2D eigenvalue weighted by Crippen LogP contribution is -2.34. The first-order chi connectivity index (χ1) is 7.52. The molecule has 1 atom stereocenters. The summed E-state index contributed by atoms with van der Waals surface area (Å²) in [7, 11) is 0. The smallest absolute Gasteiger partial charge is 0.251 e. The van der Waals surface area contributed by atoms with Crippen molar-refractivity contribution in [3.8, 4) is 0 Å². The Morgan fingerprint density at radius 1 is 1.38 bits per heavy atom. The van der Waals surface area contributed by atoms with Crippen LogP contribution in [0.1, 0.15) is 29.8 Å². The Labute approximate surface area is 96.5 Å². The van der Waals surface area contributed by atoms with E-state index in [4.69, 9.17) is 0 Å². The molecule has 2 N–H and O–H groups in total. The summed E-state index contributed by atoms with van der Waals surface area (Å²) < 4.78 is 0. The van der Waals surface area contributed by atoms with Gasteiger partial charge in [0.15, 0.2) is 0 Å². The number of benzene rings is 1. The van der Waals surface area contributed by atoms with Gasteiger partial charge in [-0.2, -0.15) is 0 Å². The zero-order valence-corrected chi connectivity index (χ0v) is 10.0. The van der Waals surface area contributed by atoms with E-state index in [2.05, 4.69) is 5.32 Å². The van der Waals surface area contributed by atoms with Crippen molar-refractivity contribution in [1.29, 1.82) is 0 Å². The number of amides is 1. The summed E-state index contributed by atoms with van der Waals surface area (Å²) >= 11 is 0. The summed E-state index contributed by atoms with van der Waals surface area (Å²) in [6.07, 6.45) is -0.493. The van der Waals surface area contributed by atoms with E-state index in [-0.39, 0.29) is 11.8 Å². The van der Waals surface area contributed by atoms with Crippen LogP contribution in [0.5, 0.6) is 0 Å². The third kappa shape index (κ3) is 3.35. The second-order valence-corrected chi connectivity index (χ2v) is 4.34. The zero-order chi connectivity index (χ0) is 12.1. The first-order valence-corrected chi connectivity index (χ1v) is 5.54. The normalized spacial score (nSPS) is 12.6. The van der Waals surface area contributed by atoms with Gasteiger partial charge < -0.3 is 10.4 Å². The maximum absolute atomic E-state index is 11.8. The van der Waals surface area contributed by atoms with Crippen LogP contribution in [-0.2, 0) is 0 Å². The van der Waals surface area contributed by atoms with Crippen molar-refractivity contribution >= 4 is 5.91 Å². The van der Waals surface area contributed by atoms with Gasteiger partial charge in [-0.1, -0.05) is 32.0 Å². The maximum Gasteiger partial charge on any atom is 0.251 e. The SMILES string of the molecule is Cc1ccccc1C(=O)NCC(O)C(C)C. The minimum atomic E-state index is -0.493. The van der Waals surface area contributed by atoms with Crippen molar-refractivity contribution in [3.05, 3.63) is 35.4 Å². The van der Waals surface area contributed by atoms with E-state index in [0.717, 1.165) is 5.56 Å². The van der Waals surface area contributed by atoms with Crippen molar-refractivity contribution in [2.45, 2.75) is 26.9 Å². The Kier molecular flexibility index (Phi) is 4.50. The molecule has 1 rings (SSSR count). The third-order valence-electron chi connectivity index (χ3n) is 2.63. The highest BCUT2D eigenvalue weighted by Crippen LogP contribution is 2.07. The molecule has 1 aromatic rings. The number of nitrogens with one attached hydrogen (secondary N) is 1. The van der Waals surface area contributed by atoms with Crippen LogP contribution < -0.4 is 5.32 Å². The van der Waals surface area contributed by atoms with Gasteiger partial charge in [0.05, 0.1) is 6.10 Å². The minimum absolute atomic E-state index is 0.127. The molecule has 0 aliphatic heterocycles. The fourth-order valence-electron chi connectivity index (χ4n) is 1.36. The lowest BCUT2D eigenvalue weighted by molar-refractivity contribution is 0.0871. The zero-order valence-electron chi connectivity index (χ0n) is 10.0. The van der Waals surface area contributed by atoms with Gasteiger partial charge in [0.25, 0.3) is 5.91 Å². The highest BCUT2D eigenvalue weighted by molar-refractivity contribution is 5.95. The molecule has 3 nitrogen and oxygen atoms in total. The van der Waals surface area contributed by atoms with Gasteiger partial charge in [-0.15, -0.1) is 0 Å². The monoisotopic (exact) mass is 221 g/mol. The molecule has 0 bridgehead atoms. The highest BCUT2D eigenvalue weighted by Gasteiger charge is 2.12. The van der Waals surface area contributed by atoms with Crippen LogP contribution in [0.4, 0.5) is 0 Å². The van der Waals surface area contributed by atoms with Gasteiger partial charge in [-0.05, 0) is 24.5 Å². The Balaban J connectivity index is 2.57. The summed E-state index contributed by atoms with van der Waals surface area (Å²) in [6, 6.07) is 7.41. The second kappa shape index (κ2) is 5.66. The fraction of sp³-hybridized carbons (Fsp3) is 0.462. The standard InChI is InChI=1S/C13H19NO2/c1-9(2)12(15)8-14-13(16)11-7-5-4-6-10(11)3/h4-7,9,12,15H,8H2,1-3H3,(H,14,16). The van der Waals surface area contributed by atoms with Crippen molar-refractivity contribution < 1.29 is 9.90 Å². The van der Waals surface area contributed by atoms with E-state index in [1.165, 1.54) is 0 Å². The Morgan fingerprint density at radius 2 is 2.00 bits per heavy atom. The van der Waals surface area contributed by atoms with Crippen molar-refractivity contribution in [2.24, 2.45) is 5.92 Å². The van der Waals surface area contributed by atoms with Crippen molar-refractivity contribution in [1.82, 2.24) is 5.32 Å². The van der Waals surface area contributed by atoms with Gasteiger partial charge in [0.1, 0.15) is 0 Å². The van der Waals surface area contributed by atoms with Gasteiger partial charge in [0, 0.05) is 12.1 Å². The van der Waals surface area contributed by atoms with Crippen LogP contribution in [0.3, 0.4) is 0 Å². The summed E-state index contributed by atoms with van der Waals surface area (Å²) in [5, 5.41) is 12.3. The van der Waals surface area contributed by atoms with Crippen LogP contribution in [0, 0.1) is 12.8 Å². The lowest BCUT2D eigenvalue weighted by atomic mass is 10.1. The molecule has 1 aromatic carbocycles. The number of aliphatic hydroxyl groups excluding tert-OH is 1. The number of carbonyl (C=O) groups excluding carboxylic acids is 1. The van der Waals surface area contributed by atoms with Gasteiger partial charge >= 0.3 is 0 Å². The van der Waals surface area contributed by atoms with Crippen LogP contribution in [0.2, 0.25) is 0 Å². The number of aryl methyl sites for hydroxylation is 1. The molecule has 1 unspecified atom stereocenters. The van der Waals surface area contributed by atoms with E-state index in [1.54, 1.807) is 6.07 Å². The number of rotatable bonds is 4. The molecule has 88 valence electrons. The Bertz CT molecular complexity index is 361. The molecule has 16 heavy (non-hydrogen) atoms. The molecule has 0 spiro atoms. The topological polar surface area (TPSA) is 49.3 Å². The number of hydrogen-bond donors (Lipinski definition) is 2. The Hall–Kier alpha value is -1.35. The average molecular weight is 221 g/mol. The molecule has 0 saturated carbocycles. The van der Waals surface area contributed by atoms with Crippen molar-refractivity contribution in [3.63, 3.8) is 0 Å². The van der Waals surface area contributed by atoms with Gasteiger partial charge in [-0.25, -0.2) is 0 Å². The van der Waals surface area contributed by atoms with Gasteiger partial charge in [-0.3, -0.25) is 4.79 Å². The van der Waals surface area contributed by atoms with Crippen molar-refractivity contribution in [2.75, 3.05) is 6.54 Å². The predicted molar refractivity (Wildman–Crippen MR) is 64.4 cm³/mol. The highest BCUT2D eigenvalue weighted by atomic mass is 16.3. The molecule has 0 aliphatic carbocycles. The fourth-order valence-corrected chi connectivity index (χ4v) is 1.36. The Morgan fingerprint density at radius 3 is 2.56 bits per heavy atom. The molecule has 0 fully saturated rings. The van der Waals surface area contributed by atoms with Crippen LogP contribution in [0.15, 0.2) is 24.3 Å². The largest absolute Gasteiger partial charge is 0.391 e. The van der Waals surface area contributed by atoms with Gasteiger partial charge in [0.2, 0.25) is 0 Å². The molecule has 0 aliphatic rings. The summed E-state index contributed by atoms with van der Waals surface area (Å²) in [5.41, 5.74) is 1.61. The number of carbonyl (C=O) groups is 1. The molecule has 0 saturated heterocycles. The first kappa shape index (κ1) is 12.7. The van der Waals surface area contributed by atoms with Crippen LogP contribution in [-0.4, -0.2) is 23.7 Å². The number of aliphatic hydroxyl groups is 1.